The average molecular weight is 547 g/mol. The van der Waals surface area contributed by atoms with Gasteiger partial charge >= 0.3 is 6.09 Å². The molecule has 10 nitrogen and oxygen atoms in total. The molecule has 11 heteroatoms. The average Bonchev–Trinajstić information content (AvgIpc) is 3.55. The largest absolute Gasteiger partial charge is 0.465 e. The van der Waals surface area contributed by atoms with Gasteiger partial charge in [-0.05, 0) is 42.3 Å². The second-order valence-electron chi connectivity index (χ2n) is 9.80. The van der Waals surface area contributed by atoms with E-state index in [1.807, 2.05) is 75.8 Å². The van der Waals surface area contributed by atoms with E-state index in [9.17, 15) is 14.4 Å². The molecule has 0 radical (unpaired) electrons. The quantitative estimate of drug-likeness (QED) is 0.245. The molecule has 4 rings (SSSR count). The first kappa shape index (κ1) is 27.5. The summed E-state index contributed by atoms with van der Waals surface area (Å²) >= 11 is 1.30. The lowest BCUT2D eigenvalue weighted by Gasteiger charge is -2.27. The molecule has 0 aliphatic carbocycles. The molecule has 0 unspecified atom stereocenters. The van der Waals surface area contributed by atoms with Gasteiger partial charge in [-0.1, -0.05) is 38.1 Å². The van der Waals surface area contributed by atoms with E-state index in [1.165, 1.54) is 11.3 Å². The van der Waals surface area contributed by atoms with Gasteiger partial charge in [-0.3, -0.25) is 14.3 Å². The van der Waals surface area contributed by atoms with Crippen LogP contribution in [0.5, 0.6) is 0 Å². The van der Waals surface area contributed by atoms with Gasteiger partial charge in [0, 0.05) is 47.3 Å². The number of amides is 3. The first-order chi connectivity index (χ1) is 18.5. The number of nitrogens with one attached hydrogen (secondary N) is 3. The third kappa shape index (κ3) is 6.88. The minimum absolute atomic E-state index is 0.194. The van der Waals surface area contributed by atoms with Gasteiger partial charge in [0.2, 0.25) is 5.91 Å². The van der Waals surface area contributed by atoms with Crippen LogP contribution in [0.1, 0.15) is 35.3 Å². The van der Waals surface area contributed by atoms with E-state index in [2.05, 4.69) is 26.0 Å². The molecule has 202 valence electrons. The zero-order valence-electron chi connectivity index (χ0n) is 22.1. The number of aryl methyl sites for hydroxylation is 2. The lowest BCUT2D eigenvalue weighted by Crippen LogP contribution is -2.37. The predicted molar refractivity (Wildman–Crippen MR) is 151 cm³/mol. The standard InChI is InChI=1S/C28H30N6O4S/c1-17-8-9-20(13-21(17)28(2,3)16-30-27(37)38)25(36)29-14-24(35)32-26-31-23(15-39-26)19-7-5-6-18(12-19)22-10-11-34(4)33-22/h5-13,15,30H,14,16H2,1-4H3,(H,29,36)(H,37,38)(H,31,32,35). The lowest BCUT2D eigenvalue weighted by molar-refractivity contribution is -0.115. The smallest absolute Gasteiger partial charge is 0.404 e. The summed E-state index contributed by atoms with van der Waals surface area (Å²) in [5.41, 5.74) is 5.09. The lowest BCUT2D eigenvalue weighted by atomic mass is 9.81. The van der Waals surface area contributed by atoms with Gasteiger partial charge in [0.1, 0.15) is 0 Å². The maximum Gasteiger partial charge on any atom is 0.404 e. The van der Waals surface area contributed by atoms with E-state index < -0.39 is 23.3 Å². The molecule has 2 heterocycles. The number of carbonyl (C=O) groups excluding carboxylic acids is 2. The van der Waals surface area contributed by atoms with Crippen molar-refractivity contribution in [1.82, 2.24) is 25.4 Å². The zero-order valence-corrected chi connectivity index (χ0v) is 22.9. The Bertz CT molecular complexity index is 1520. The molecule has 0 bridgehead atoms. The Kier molecular flexibility index (Phi) is 8.10. The summed E-state index contributed by atoms with van der Waals surface area (Å²) in [6.07, 6.45) is 0.779. The van der Waals surface area contributed by atoms with Crippen molar-refractivity contribution in [2.45, 2.75) is 26.2 Å². The molecule has 0 aliphatic rings. The molecule has 2 aromatic heterocycles. The van der Waals surface area contributed by atoms with E-state index in [1.54, 1.807) is 16.8 Å². The van der Waals surface area contributed by atoms with Gasteiger partial charge in [-0.25, -0.2) is 9.78 Å². The second-order valence-corrected chi connectivity index (χ2v) is 10.7. The highest BCUT2D eigenvalue weighted by molar-refractivity contribution is 7.14. The summed E-state index contributed by atoms with van der Waals surface area (Å²) < 4.78 is 1.75. The summed E-state index contributed by atoms with van der Waals surface area (Å²) in [6, 6.07) is 15.0. The number of hydrogen-bond donors (Lipinski definition) is 4. The van der Waals surface area contributed by atoms with E-state index in [4.69, 9.17) is 5.11 Å². The highest BCUT2D eigenvalue weighted by atomic mass is 32.1. The number of carboxylic acid groups (broad SMARTS) is 1. The van der Waals surface area contributed by atoms with Gasteiger partial charge in [0.05, 0.1) is 17.9 Å². The molecule has 39 heavy (non-hydrogen) atoms. The van der Waals surface area contributed by atoms with E-state index in [0.29, 0.717) is 10.7 Å². The summed E-state index contributed by atoms with van der Waals surface area (Å²) in [5, 5.41) is 23.5. The van der Waals surface area contributed by atoms with Crippen LogP contribution in [0.25, 0.3) is 22.5 Å². The van der Waals surface area contributed by atoms with Crippen LogP contribution in [-0.4, -0.2) is 50.9 Å². The molecule has 0 atom stereocenters. The van der Waals surface area contributed by atoms with Crippen molar-refractivity contribution in [2.75, 3.05) is 18.4 Å². The molecule has 3 amide bonds. The fourth-order valence-corrected chi connectivity index (χ4v) is 4.92. The highest BCUT2D eigenvalue weighted by Gasteiger charge is 2.24. The maximum atomic E-state index is 12.8. The molecule has 0 saturated heterocycles. The maximum absolute atomic E-state index is 12.8. The fraction of sp³-hybridized carbons (Fsp3) is 0.250. The van der Waals surface area contributed by atoms with Gasteiger partial charge < -0.3 is 21.1 Å². The van der Waals surface area contributed by atoms with Crippen molar-refractivity contribution in [1.29, 1.82) is 0 Å². The Morgan fingerprint density at radius 3 is 2.46 bits per heavy atom. The molecule has 2 aromatic carbocycles. The molecule has 0 spiro atoms. The Morgan fingerprint density at radius 2 is 1.77 bits per heavy atom. The molecule has 0 aliphatic heterocycles. The first-order valence-corrected chi connectivity index (χ1v) is 13.1. The predicted octanol–water partition coefficient (Wildman–Crippen LogP) is 4.43. The molecule has 0 saturated carbocycles. The van der Waals surface area contributed by atoms with Crippen LogP contribution >= 0.6 is 11.3 Å². The van der Waals surface area contributed by atoms with Crippen molar-refractivity contribution in [3.63, 3.8) is 0 Å². The number of nitrogens with zero attached hydrogens (tertiary/aromatic N) is 3. The van der Waals surface area contributed by atoms with Crippen LogP contribution in [0.2, 0.25) is 0 Å². The highest BCUT2D eigenvalue weighted by Crippen LogP contribution is 2.29. The van der Waals surface area contributed by atoms with Crippen LogP contribution in [0.15, 0.2) is 60.1 Å². The van der Waals surface area contributed by atoms with Crippen molar-refractivity contribution in [3.05, 3.63) is 76.8 Å². The first-order valence-electron chi connectivity index (χ1n) is 12.2. The van der Waals surface area contributed by atoms with Gasteiger partial charge in [-0.2, -0.15) is 5.10 Å². The number of rotatable bonds is 9. The van der Waals surface area contributed by atoms with Crippen molar-refractivity contribution >= 4 is 34.4 Å². The van der Waals surface area contributed by atoms with Crippen molar-refractivity contribution < 1.29 is 19.5 Å². The monoisotopic (exact) mass is 546 g/mol. The minimum atomic E-state index is -1.11. The van der Waals surface area contributed by atoms with Gasteiger partial charge in [0.15, 0.2) is 5.13 Å². The molecule has 0 fully saturated rings. The molecule has 4 N–H and O–H groups in total. The Labute approximate surface area is 230 Å². The van der Waals surface area contributed by atoms with Gasteiger partial charge in [0.25, 0.3) is 5.91 Å². The number of hydrogen-bond acceptors (Lipinski definition) is 6. The van der Waals surface area contributed by atoms with E-state index in [0.717, 1.165) is 33.6 Å². The van der Waals surface area contributed by atoms with Crippen molar-refractivity contribution in [3.8, 4) is 22.5 Å². The summed E-state index contributed by atoms with van der Waals surface area (Å²) in [4.78, 5) is 40.8. The zero-order chi connectivity index (χ0) is 28.2. The third-order valence-electron chi connectivity index (χ3n) is 6.24. The topological polar surface area (TPSA) is 138 Å². The second kappa shape index (κ2) is 11.5. The van der Waals surface area contributed by atoms with Crippen LogP contribution in [0, 0.1) is 6.92 Å². The Balaban J connectivity index is 1.36. The number of benzene rings is 2. The molecule has 4 aromatic rings. The van der Waals surface area contributed by atoms with Crippen LogP contribution in [-0.2, 0) is 17.3 Å². The number of thiazole rings is 1. The van der Waals surface area contributed by atoms with E-state index >= 15 is 0 Å². The number of anilines is 1. The number of carbonyl (C=O) groups is 3. The Morgan fingerprint density at radius 1 is 1.03 bits per heavy atom. The third-order valence-corrected chi connectivity index (χ3v) is 7.00. The normalized spacial score (nSPS) is 11.2. The van der Waals surface area contributed by atoms with Crippen LogP contribution < -0.4 is 16.0 Å². The summed E-state index contributed by atoms with van der Waals surface area (Å²) in [6.45, 7) is 5.68. The van der Waals surface area contributed by atoms with E-state index in [-0.39, 0.29) is 13.1 Å². The van der Waals surface area contributed by atoms with Crippen LogP contribution in [0.3, 0.4) is 0 Å². The summed E-state index contributed by atoms with van der Waals surface area (Å²) in [7, 11) is 1.87. The number of aromatic nitrogens is 3. The van der Waals surface area contributed by atoms with Gasteiger partial charge in [-0.15, -0.1) is 11.3 Å². The SMILES string of the molecule is Cc1ccc(C(=O)NCC(=O)Nc2nc(-c3cccc(-c4ccn(C)n4)c3)cs2)cc1C(C)(C)CNC(=O)O. The minimum Gasteiger partial charge on any atom is -0.465 e. The van der Waals surface area contributed by atoms with Crippen LogP contribution in [0.4, 0.5) is 9.93 Å². The Hall–Kier alpha value is -4.51. The van der Waals surface area contributed by atoms with Crippen molar-refractivity contribution in [2.24, 2.45) is 7.05 Å². The fourth-order valence-electron chi connectivity index (χ4n) is 4.18. The summed E-state index contributed by atoms with van der Waals surface area (Å²) in [5.74, 6) is -0.802. The molecular weight excluding hydrogens is 516 g/mol. The molecular formula is C28H30N6O4S.